The first-order valence-corrected chi connectivity index (χ1v) is 9.31. The highest BCUT2D eigenvalue weighted by Gasteiger charge is 2.41. The van der Waals surface area contributed by atoms with Crippen LogP contribution in [-0.4, -0.2) is 45.4 Å². The summed E-state index contributed by atoms with van der Waals surface area (Å²) in [7, 11) is -2.17. The molecule has 0 aromatic rings. The fourth-order valence-electron chi connectivity index (χ4n) is 3.45. The van der Waals surface area contributed by atoms with E-state index in [2.05, 4.69) is 17.0 Å². The van der Waals surface area contributed by atoms with E-state index in [1.165, 1.54) is 7.11 Å². The first kappa shape index (κ1) is 16.7. The molecule has 0 bridgehead atoms. The van der Waals surface area contributed by atoms with Crippen LogP contribution in [0.3, 0.4) is 0 Å². The zero-order valence-corrected chi connectivity index (χ0v) is 13.6. The first-order chi connectivity index (χ1) is 9.94. The van der Waals surface area contributed by atoms with Crippen molar-refractivity contribution in [1.82, 2.24) is 10.0 Å². The lowest BCUT2D eigenvalue weighted by Gasteiger charge is -2.33. The number of piperidine rings is 1. The number of carbonyl (C=O) groups excluding carboxylic acids is 1. The number of nitrogens with one attached hydrogen (secondary N) is 2. The lowest BCUT2D eigenvalue weighted by atomic mass is 9.89. The molecule has 0 amide bonds. The van der Waals surface area contributed by atoms with E-state index in [9.17, 15) is 13.2 Å². The van der Waals surface area contributed by atoms with Crippen LogP contribution in [0.15, 0.2) is 0 Å². The molecule has 4 atom stereocenters. The normalized spacial score (nSPS) is 34.4. The maximum atomic E-state index is 12.7. The standard InChI is InChI=1S/C14H26N2O4S/c1-10-9-11(7-8-15-10)16-21(18,19)13-6-4-3-5-12(13)14(17)20-2/h10-13,15-16H,3-9H2,1-2H3. The van der Waals surface area contributed by atoms with Crippen LogP contribution in [0.1, 0.15) is 45.4 Å². The van der Waals surface area contributed by atoms with Crippen molar-refractivity contribution in [2.24, 2.45) is 5.92 Å². The van der Waals surface area contributed by atoms with Crippen LogP contribution in [0.4, 0.5) is 0 Å². The van der Waals surface area contributed by atoms with E-state index in [4.69, 9.17) is 4.74 Å². The molecule has 1 aliphatic carbocycles. The molecule has 21 heavy (non-hydrogen) atoms. The molecule has 1 saturated carbocycles. The van der Waals surface area contributed by atoms with Gasteiger partial charge in [0.05, 0.1) is 18.3 Å². The molecular weight excluding hydrogens is 292 g/mol. The number of hydrogen-bond donors (Lipinski definition) is 2. The first-order valence-electron chi connectivity index (χ1n) is 7.76. The molecule has 7 heteroatoms. The smallest absolute Gasteiger partial charge is 0.310 e. The van der Waals surface area contributed by atoms with Crippen molar-refractivity contribution in [3.63, 3.8) is 0 Å². The summed E-state index contributed by atoms with van der Waals surface area (Å²) in [6, 6.07) is 0.278. The molecule has 0 spiro atoms. The summed E-state index contributed by atoms with van der Waals surface area (Å²) in [5.41, 5.74) is 0. The van der Waals surface area contributed by atoms with Crippen LogP contribution in [0, 0.1) is 5.92 Å². The molecule has 1 heterocycles. The molecule has 2 rings (SSSR count). The Morgan fingerprint density at radius 1 is 1.24 bits per heavy atom. The van der Waals surface area contributed by atoms with Gasteiger partial charge >= 0.3 is 5.97 Å². The third-order valence-electron chi connectivity index (χ3n) is 4.56. The summed E-state index contributed by atoms with van der Waals surface area (Å²) in [5.74, 6) is -0.927. The van der Waals surface area contributed by atoms with Gasteiger partial charge in [0, 0.05) is 12.1 Å². The summed E-state index contributed by atoms with van der Waals surface area (Å²) in [4.78, 5) is 11.8. The molecule has 0 radical (unpaired) electrons. The van der Waals surface area contributed by atoms with Crippen LogP contribution in [0.5, 0.6) is 0 Å². The van der Waals surface area contributed by atoms with Gasteiger partial charge in [-0.2, -0.15) is 0 Å². The van der Waals surface area contributed by atoms with E-state index in [0.717, 1.165) is 32.2 Å². The lowest BCUT2D eigenvalue weighted by Crippen LogP contribution is -2.51. The van der Waals surface area contributed by atoms with Gasteiger partial charge in [0.25, 0.3) is 0 Å². The number of sulfonamides is 1. The Balaban J connectivity index is 2.07. The molecule has 2 aliphatic rings. The maximum Gasteiger partial charge on any atom is 0.310 e. The van der Waals surface area contributed by atoms with Crippen molar-refractivity contribution in [1.29, 1.82) is 0 Å². The lowest BCUT2D eigenvalue weighted by molar-refractivity contribution is -0.146. The highest BCUT2D eigenvalue weighted by molar-refractivity contribution is 7.90. The predicted octanol–water partition coefficient (Wildman–Crippen LogP) is 0.778. The van der Waals surface area contributed by atoms with Crippen molar-refractivity contribution >= 4 is 16.0 Å². The Morgan fingerprint density at radius 3 is 2.62 bits per heavy atom. The van der Waals surface area contributed by atoms with Gasteiger partial charge in [-0.3, -0.25) is 4.79 Å². The topological polar surface area (TPSA) is 84.5 Å². The molecule has 4 unspecified atom stereocenters. The van der Waals surface area contributed by atoms with Crippen molar-refractivity contribution < 1.29 is 17.9 Å². The number of hydrogen-bond acceptors (Lipinski definition) is 5. The van der Waals surface area contributed by atoms with Crippen LogP contribution in [0.2, 0.25) is 0 Å². The second-order valence-corrected chi connectivity index (χ2v) is 8.12. The second kappa shape index (κ2) is 7.07. The van der Waals surface area contributed by atoms with Gasteiger partial charge in [-0.1, -0.05) is 12.8 Å². The number of ether oxygens (including phenoxy) is 1. The predicted molar refractivity (Wildman–Crippen MR) is 80.3 cm³/mol. The van der Waals surface area contributed by atoms with Gasteiger partial charge in [0.2, 0.25) is 10.0 Å². The highest BCUT2D eigenvalue weighted by Crippen LogP contribution is 2.30. The van der Waals surface area contributed by atoms with Crippen LogP contribution in [-0.2, 0) is 19.6 Å². The van der Waals surface area contributed by atoms with E-state index < -0.39 is 27.2 Å². The Hall–Kier alpha value is -0.660. The van der Waals surface area contributed by atoms with Crippen molar-refractivity contribution in [3.05, 3.63) is 0 Å². The van der Waals surface area contributed by atoms with Gasteiger partial charge in [-0.25, -0.2) is 13.1 Å². The quantitative estimate of drug-likeness (QED) is 0.748. The monoisotopic (exact) mass is 318 g/mol. The number of carbonyl (C=O) groups is 1. The zero-order chi connectivity index (χ0) is 15.5. The maximum absolute atomic E-state index is 12.7. The minimum Gasteiger partial charge on any atom is -0.469 e. The van der Waals surface area contributed by atoms with E-state index in [-0.39, 0.29) is 6.04 Å². The van der Waals surface area contributed by atoms with Crippen LogP contribution in [0.25, 0.3) is 0 Å². The Morgan fingerprint density at radius 2 is 1.95 bits per heavy atom. The van der Waals surface area contributed by atoms with Gasteiger partial charge < -0.3 is 10.1 Å². The van der Waals surface area contributed by atoms with E-state index >= 15 is 0 Å². The second-order valence-electron chi connectivity index (χ2n) is 6.19. The van der Waals surface area contributed by atoms with Crippen LogP contribution < -0.4 is 10.0 Å². The number of rotatable bonds is 4. The minimum absolute atomic E-state index is 0.0357. The van der Waals surface area contributed by atoms with Gasteiger partial charge in [0.15, 0.2) is 0 Å². The van der Waals surface area contributed by atoms with Crippen molar-refractivity contribution in [2.45, 2.75) is 62.8 Å². The van der Waals surface area contributed by atoms with Gasteiger partial charge in [-0.15, -0.1) is 0 Å². The Bertz CT molecular complexity index is 466. The molecular formula is C14H26N2O4S. The third kappa shape index (κ3) is 4.17. The highest BCUT2D eigenvalue weighted by atomic mass is 32.2. The SMILES string of the molecule is COC(=O)C1CCCCC1S(=O)(=O)NC1CCNC(C)C1. The average molecular weight is 318 g/mol. The zero-order valence-electron chi connectivity index (χ0n) is 12.8. The third-order valence-corrected chi connectivity index (χ3v) is 6.58. The molecule has 0 aromatic carbocycles. The number of esters is 1. The summed E-state index contributed by atoms with van der Waals surface area (Å²) in [6.45, 7) is 2.87. The minimum atomic E-state index is -3.49. The van der Waals surface area contributed by atoms with Gasteiger partial charge in [0.1, 0.15) is 0 Å². The largest absolute Gasteiger partial charge is 0.469 e. The fourth-order valence-corrected chi connectivity index (χ4v) is 5.46. The molecule has 1 aliphatic heterocycles. The molecule has 2 fully saturated rings. The molecule has 0 aromatic heterocycles. The summed E-state index contributed by atoms with van der Waals surface area (Å²) >= 11 is 0. The van der Waals surface area contributed by atoms with E-state index in [1.807, 2.05) is 0 Å². The summed E-state index contributed by atoms with van der Waals surface area (Å²) < 4.78 is 32.9. The summed E-state index contributed by atoms with van der Waals surface area (Å²) in [5, 5.41) is 2.66. The average Bonchev–Trinajstić information content (AvgIpc) is 2.46. The van der Waals surface area contributed by atoms with Crippen molar-refractivity contribution in [3.8, 4) is 0 Å². The molecule has 122 valence electrons. The fraction of sp³-hybridized carbons (Fsp3) is 0.929. The van der Waals surface area contributed by atoms with Crippen LogP contribution >= 0.6 is 0 Å². The van der Waals surface area contributed by atoms with E-state index in [1.54, 1.807) is 0 Å². The Kier molecular flexibility index (Phi) is 5.62. The Labute approximate surface area is 127 Å². The van der Waals surface area contributed by atoms with E-state index in [0.29, 0.717) is 18.9 Å². The molecule has 1 saturated heterocycles. The molecule has 6 nitrogen and oxygen atoms in total. The van der Waals surface area contributed by atoms with Crippen molar-refractivity contribution in [2.75, 3.05) is 13.7 Å². The molecule has 2 N–H and O–H groups in total. The number of methoxy groups -OCH3 is 1. The van der Waals surface area contributed by atoms with Gasteiger partial charge in [-0.05, 0) is 39.2 Å². The summed E-state index contributed by atoms with van der Waals surface area (Å²) in [6.07, 6.45) is 4.45.